The molecule has 0 saturated heterocycles. The third-order valence-electron chi connectivity index (χ3n) is 3.43. The summed E-state index contributed by atoms with van der Waals surface area (Å²) >= 11 is 0. The smallest absolute Gasteiger partial charge is 0.0731 e. The van der Waals surface area contributed by atoms with Gasteiger partial charge in [0.05, 0.1) is 30.7 Å². The molecule has 3 rings (SSSR count). The van der Waals surface area contributed by atoms with Crippen molar-refractivity contribution >= 4 is 5.69 Å². The second kappa shape index (κ2) is 5.83. The van der Waals surface area contributed by atoms with Crippen molar-refractivity contribution in [1.82, 2.24) is 19.6 Å². The minimum absolute atomic E-state index is 0.202. The summed E-state index contributed by atoms with van der Waals surface area (Å²) in [4.78, 5) is 0. The molecule has 0 spiro atoms. The summed E-state index contributed by atoms with van der Waals surface area (Å²) in [5, 5.41) is 12.0. The van der Waals surface area contributed by atoms with Crippen molar-refractivity contribution in [2.75, 3.05) is 5.32 Å². The maximum Gasteiger partial charge on any atom is 0.0731 e. The molecule has 1 N–H and O–H groups in total. The molecule has 0 fully saturated rings. The van der Waals surface area contributed by atoms with Crippen LogP contribution >= 0.6 is 0 Å². The topological polar surface area (TPSA) is 47.7 Å². The standard InChI is InChI=1S/C16H19N5/c1-13(15-8-17-20(2)11-15)19-16-9-18-21(12-16)10-14-6-4-3-5-7-14/h3-9,11-13,19H,10H2,1-2H3. The molecule has 21 heavy (non-hydrogen) atoms. The number of nitrogens with one attached hydrogen (secondary N) is 1. The number of benzene rings is 1. The number of rotatable bonds is 5. The van der Waals surface area contributed by atoms with E-state index < -0.39 is 0 Å². The predicted molar refractivity (Wildman–Crippen MR) is 83.0 cm³/mol. The van der Waals surface area contributed by atoms with Gasteiger partial charge in [-0.15, -0.1) is 0 Å². The minimum Gasteiger partial charge on any atom is -0.376 e. The van der Waals surface area contributed by atoms with Crippen LogP contribution in [-0.4, -0.2) is 19.6 Å². The Balaban J connectivity index is 1.65. The van der Waals surface area contributed by atoms with Crippen molar-refractivity contribution in [2.45, 2.75) is 19.5 Å². The summed E-state index contributed by atoms with van der Waals surface area (Å²) in [5.41, 5.74) is 3.42. The zero-order chi connectivity index (χ0) is 14.7. The van der Waals surface area contributed by atoms with E-state index in [1.807, 2.05) is 59.4 Å². The molecule has 5 heteroatoms. The first kappa shape index (κ1) is 13.4. The van der Waals surface area contributed by atoms with E-state index >= 15 is 0 Å². The summed E-state index contributed by atoms with van der Waals surface area (Å²) in [6, 6.07) is 10.5. The van der Waals surface area contributed by atoms with E-state index in [-0.39, 0.29) is 6.04 Å². The molecule has 0 aliphatic heterocycles. The number of hydrogen-bond acceptors (Lipinski definition) is 3. The lowest BCUT2D eigenvalue weighted by atomic mass is 10.2. The Kier molecular flexibility index (Phi) is 3.73. The summed E-state index contributed by atoms with van der Waals surface area (Å²) in [5.74, 6) is 0. The van der Waals surface area contributed by atoms with Gasteiger partial charge in [0.2, 0.25) is 0 Å². The van der Waals surface area contributed by atoms with E-state index in [0.29, 0.717) is 0 Å². The monoisotopic (exact) mass is 281 g/mol. The molecule has 2 heterocycles. The Bertz CT molecular complexity index is 698. The average Bonchev–Trinajstić information content (AvgIpc) is 3.09. The van der Waals surface area contributed by atoms with Gasteiger partial charge < -0.3 is 5.32 Å². The maximum absolute atomic E-state index is 4.40. The normalized spacial score (nSPS) is 12.3. The fraction of sp³-hybridized carbons (Fsp3) is 0.250. The fourth-order valence-electron chi connectivity index (χ4n) is 2.29. The molecule has 1 aromatic carbocycles. The van der Waals surface area contributed by atoms with Gasteiger partial charge in [-0.05, 0) is 12.5 Å². The van der Waals surface area contributed by atoms with Gasteiger partial charge in [0.1, 0.15) is 0 Å². The predicted octanol–water partition coefficient (Wildman–Crippen LogP) is 2.84. The minimum atomic E-state index is 0.202. The first-order valence-corrected chi connectivity index (χ1v) is 7.02. The van der Waals surface area contributed by atoms with Gasteiger partial charge in [0, 0.05) is 25.0 Å². The van der Waals surface area contributed by atoms with Crippen molar-refractivity contribution in [3.8, 4) is 0 Å². The van der Waals surface area contributed by atoms with E-state index in [4.69, 9.17) is 0 Å². The number of hydrogen-bond donors (Lipinski definition) is 1. The molecule has 0 radical (unpaired) electrons. The Labute approximate surface area is 124 Å². The lowest BCUT2D eigenvalue weighted by Crippen LogP contribution is -2.05. The lowest BCUT2D eigenvalue weighted by molar-refractivity contribution is 0.687. The molecule has 0 aliphatic rings. The van der Waals surface area contributed by atoms with Gasteiger partial charge in [0.15, 0.2) is 0 Å². The highest BCUT2D eigenvalue weighted by atomic mass is 15.3. The summed E-state index contributed by atoms with van der Waals surface area (Å²) in [7, 11) is 1.92. The second-order valence-electron chi connectivity index (χ2n) is 5.23. The van der Waals surface area contributed by atoms with Crippen molar-refractivity contribution in [2.24, 2.45) is 7.05 Å². The zero-order valence-electron chi connectivity index (χ0n) is 12.3. The number of anilines is 1. The quantitative estimate of drug-likeness (QED) is 0.782. The second-order valence-corrected chi connectivity index (χ2v) is 5.23. The molecule has 2 aromatic heterocycles. The molecule has 0 amide bonds. The van der Waals surface area contributed by atoms with Gasteiger partial charge in [-0.1, -0.05) is 30.3 Å². The molecule has 3 aromatic rings. The van der Waals surface area contributed by atoms with Crippen LogP contribution in [0.3, 0.4) is 0 Å². The largest absolute Gasteiger partial charge is 0.376 e. The molecule has 1 unspecified atom stereocenters. The van der Waals surface area contributed by atoms with Crippen molar-refractivity contribution in [1.29, 1.82) is 0 Å². The van der Waals surface area contributed by atoms with Gasteiger partial charge >= 0.3 is 0 Å². The Morgan fingerprint density at radius 1 is 1.10 bits per heavy atom. The third kappa shape index (κ3) is 3.31. The number of nitrogens with zero attached hydrogens (tertiary/aromatic N) is 4. The van der Waals surface area contributed by atoms with Crippen molar-refractivity contribution in [3.63, 3.8) is 0 Å². The van der Waals surface area contributed by atoms with Crippen LogP contribution in [0.4, 0.5) is 5.69 Å². The molecule has 108 valence electrons. The van der Waals surface area contributed by atoms with Gasteiger partial charge in [-0.3, -0.25) is 9.36 Å². The summed E-state index contributed by atoms with van der Waals surface area (Å²) in [6.45, 7) is 2.90. The zero-order valence-corrected chi connectivity index (χ0v) is 12.3. The highest BCUT2D eigenvalue weighted by Crippen LogP contribution is 2.18. The van der Waals surface area contributed by atoms with Crippen LogP contribution in [0.25, 0.3) is 0 Å². The molecule has 1 atom stereocenters. The average molecular weight is 281 g/mol. The molecule has 0 saturated carbocycles. The Hall–Kier alpha value is -2.56. The molecule has 0 aliphatic carbocycles. The van der Waals surface area contributed by atoms with Crippen molar-refractivity contribution < 1.29 is 0 Å². The van der Waals surface area contributed by atoms with Gasteiger partial charge in [0.25, 0.3) is 0 Å². The van der Waals surface area contributed by atoms with Crippen LogP contribution in [0.15, 0.2) is 55.1 Å². The van der Waals surface area contributed by atoms with E-state index in [0.717, 1.165) is 17.8 Å². The SMILES string of the molecule is CC(Nc1cnn(Cc2ccccc2)c1)c1cnn(C)c1. The van der Waals surface area contributed by atoms with Crippen molar-refractivity contribution in [3.05, 3.63) is 66.2 Å². The lowest BCUT2D eigenvalue weighted by Gasteiger charge is -2.11. The van der Waals surface area contributed by atoms with Crippen LogP contribution in [0.1, 0.15) is 24.1 Å². The Morgan fingerprint density at radius 3 is 2.62 bits per heavy atom. The molecular formula is C16H19N5. The van der Waals surface area contributed by atoms with Crippen LogP contribution in [-0.2, 0) is 13.6 Å². The highest BCUT2D eigenvalue weighted by molar-refractivity contribution is 5.41. The first-order chi connectivity index (χ1) is 10.2. The van der Waals surface area contributed by atoms with E-state index in [1.54, 1.807) is 0 Å². The number of aryl methyl sites for hydroxylation is 1. The summed E-state index contributed by atoms with van der Waals surface area (Å²) in [6.07, 6.45) is 7.79. The molecular weight excluding hydrogens is 262 g/mol. The first-order valence-electron chi connectivity index (χ1n) is 7.02. The fourth-order valence-corrected chi connectivity index (χ4v) is 2.29. The van der Waals surface area contributed by atoms with Gasteiger partial charge in [-0.2, -0.15) is 10.2 Å². The van der Waals surface area contributed by atoms with E-state index in [9.17, 15) is 0 Å². The van der Waals surface area contributed by atoms with E-state index in [2.05, 4.69) is 34.6 Å². The molecule has 0 bridgehead atoms. The van der Waals surface area contributed by atoms with Crippen LogP contribution in [0.5, 0.6) is 0 Å². The maximum atomic E-state index is 4.40. The highest BCUT2D eigenvalue weighted by Gasteiger charge is 2.08. The van der Waals surface area contributed by atoms with Crippen LogP contribution in [0, 0.1) is 0 Å². The molecule has 5 nitrogen and oxygen atoms in total. The third-order valence-corrected chi connectivity index (χ3v) is 3.43. The van der Waals surface area contributed by atoms with Crippen LogP contribution in [0.2, 0.25) is 0 Å². The van der Waals surface area contributed by atoms with Gasteiger partial charge in [-0.25, -0.2) is 0 Å². The Morgan fingerprint density at radius 2 is 1.90 bits per heavy atom. The van der Waals surface area contributed by atoms with Crippen LogP contribution < -0.4 is 5.32 Å². The van der Waals surface area contributed by atoms with E-state index in [1.165, 1.54) is 5.56 Å². The summed E-state index contributed by atoms with van der Waals surface area (Å²) < 4.78 is 3.75. The number of aromatic nitrogens is 4.